The Morgan fingerprint density at radius 1 is 1.12 bits per heavy atom. The molecule has 138 valence electrons. The molecule has 6 nitrogen and oxygen atoms in total. The molecule has 3 aliphatic rings. The molecule has 2 aliphatic carbocycles. The van der Waals surface area contributed by atoms with E-state index in [-0.39, 0.29) is 36.2 Å². The Balaban J connectivity index is 0.00000208. The second-order valence-electron chi connectivity index (χ2n) is 7.67. The first-order chi connectivity index (χ1) is 11.0. The van der Waals surface area contributed by atoms with E-state index in [0.717, 1.165) is 25.7 Å². The smallest absolute Gasteiger partial charge is 0.225 e. The monoisotopic (exact) mass is 359 g/mol. The van der Waals surface area contributed by atoms with Gasteiger partial charge < -0.3 is 21.5 Å². The molecular formula is C17H30ClN3O3. The molecule has 2 atom stereocenters. The summed E-state index contributed by atoms with van der Waals surface area (Å²) in [6.45, 7) is 1.39. The number of nitrogens with one attached hydrogen (secondary N) is 1. The lowest BCUT2D eigenvalue weighted by molar-refractivity contribution is -0.135. The van der Waals surface area contributed by atoms with Gasteiger partial charge in [-0.2, -0.15) is 0 Å². The van der Waals surface area contributed by atoms with Crippen LogP contribution in [-0.4, -0.2) is 37.6 Å². The fourth-order valence-corrected chi connectivity index (χ4v) is 4.68. The van der Waals surface area contributed by atoms with E-state index in [0.29, 0.717) is 44.4 Å². The normalized spacial score (nSPS) is 34.7. The maximum atomic E-state index is 12.6. The summed E-state index contributed by atoms with van der Waals surface area (Å²) in [5.41, 5.74) is 11.2. The van der Waals surface area contributed by atoms with E-state index < -0.39 is 5.41 Å². The van der Waals surface area contributed by atoms with E-state index in [9.17, 15) is 9.59 Å². The zero-order chi connectivity index (χ0) is 16.4. The molecule has 2 unspecified atom stereocenters. The van der Waals surface area contributed by atoms with Crippen LogP contribution in [0.4, 0.5) is 0 Å². The first-order valence-electron chi connectivity index (χ1n) is 8.93. The van der Waals surface area contributed by atoms with Gasteiger partial charge in [0.2, 0.25) is 11.8 Å². The Labute approximate surface area is 149 Å². The number of hydrogen-bond acceptors (Lipinski definition) is 4. The molecule has 7 heteroatoms. The number of primary amides is 1. The van der Waals surface area contributed by atoms with E-state index in [1.165, 1.54) is 6.42 Å². The second-order valence-corrected chi connectivity index (χ2v) is 7.67. The number of carbonyl (C=O) groups excluding carboxylic acids is 2. The predicted molar refractivity (Wildman–Crippen MR) is 93.5 cm³/mol. The van der Waals surface area contributed by atoms with Crippen LogP contribution in [-0.2, 0) is 14.3 Å². The van der Waals surface area contributed by atoms with Crippen molar-refractivity contribution < 1.29 is 14.3 Å². The molecule has 3 rings (SSSR count). The van der Waals surface area contributed by atoms with Crippen molar-refractivity contribution in [2.24, 2.45) is 34.6 Å². The largest absolute Gasteiger partial charge is 0.381 e. The van der Waals surface area contributed by atoms with Crippen LogP contribution < -0.4 is 16.8 Å². The maximum Gasteiger partial charge on any atom is 0.225 e. The van der Waals surface area contributed by atoms with E-state index >= 15 is 0 Å². The lowest BCUT2D eigenvalue weighted by Gasteiger charge is -2.43. The average Bonchev–Trinajstić information content (AvgIpc) is 2.53. The first-order valence-corrected chi connectivity index (χ1v) is 8.93. The van der Waals surface area contributed by atoms with E-state index in [1.54, 1.807) is 0 Å². The van der Waals surface area contributed by atoms with E-state index in [2.05, 4.69) is 5.32 Å². The maximum absolute atomic E-state index is 12.6. The van der Waals surface area contributed by atoms with Gasteiger partial charge in [-0.15, -0.1) is 12.4 Å². The van der Waals surface area contributed by atoms with Crippen molar-refractivity contribution >= 4 is 24.2 Å². The first kappa shape index (κ1) is 19.5. The Bertz CT molecular complexity index is 454. The number of rotatable bonds is 4. The molecule has 1 saturated heterocycles. The summed E-state index contributed by atoms with van der Waals surface area (Å²) in [4.78, 5) is 24.5. The number of nitrogens with two attached hydrogens (primary N) is 2. The fraction of sp³-hybridized carbons (Fsp3) is 0.882. The highest BCUT2D eigenvalue weighted by Gasteiger charge is 2.42. The number of carbonyl (C=O) groups is 2. The van der Waals surface area contributed by atoms with Gasteiger partial charge in [-0.1, -0.05) is 6.42 Å². The van der Waals surface area contributed by atoms with Crippen LogP contribution >= 0.6 is 12.4 Å². The van der Waals surface area contributed by atoms with Gasteiger partial charge >= 0.3 is 0 Å². The van der Waals surface area contributed by atoms with Crippen molar-refractivity contribution in [1.29, 1.82) is 0 Å². The van der Waals surface area contributed by atoms with E-state index in [4.69, 9.17) is 16.2 Å². The van der Waals surface area contributed by atoms with Gasteiger partial charge in [-0.25, -0.2) is 0 Å². The predicted octanol–water partition coefficient (Wildman–Crippen LogP) is 0.960. The minimum absolute atomic E-state index is 0. The third-order valence-corrected chi connectivity index (χ3v) is 6.36. The van der Waals surface area contributed by atoms with Crippen LogP contribution in [0.15, 0.2) is 0 Å². The van der Waals surface area contributed by atoms with E-state index in [1.807, 2.05) is 0 Å². The molecule has 0 aromatic rings. The highest BCUT2D eigenvalue weighted by Crippen LogP contribution is 2.42. The van der Waals surface area contributed by atoms with Crippen molar-refractivity contribution in [3.05, 3.63) is 0 Å². The third kappa shape index (κ3) is 3.86. The van der Waals surface area contributed by atoms with Gasteiger partial charge in [0.1, 0.15) is 0 Å². The molecule has 2 amide bonds. The Morgan fingerprint density at radius 3 is 2.25 bits per heavy atom. The number of ether oxygens (including phenoxy) is 1. The number of amides is 2. The minimum atomic E-state index is -0.644. The van der Waals surface area contributed by atoms with Crippen LogP contribution in [0.25, 0.3) is 0 Å². The summed E-state index contributed by atoms with van der Waals surface area (Å²) in [6, 6.07) is 0.264. The van der Waals surface area contributed by atoms with Gasteiger partial charge in [-0.05, 0) is 50.4 Å². The highest BCUT2D eigenvalue weighted by molar-refractivity contribution is 5.85. The summed E-state index contributed by atoms with van der Waals surface area (Å²) in [7, 11) is 0. The molecule has 5 N–H and O–H groups in total. The molecule has 2 bridgehead atoms. The molecule has 1 aliphatic heterocycles. The molecule has 0 spiro atoms. The van der Waals surface area contributed by atoms with Crippen molar-refractivity contribution in [1.82, 2.24) is 5.32 Å². The minimum Gasteiger partial charge on any atom is -0.381 e. The molecule has 2 saturated carbocycles. The fourth-order valence-electron chi connectivity index (χ4n) is 4.68. The van der Waals surface area contributed by atoms with Crippen molar-refractivity contribution in [2.45, 2.75) is 51.0 Å². The molecular weight excluding hydrogens is 330 g/mol. The molecule has 3 fully saturated rings. The highest BCUT2D eigenvalue weighted by atomic mass is 35.5. The molecule has 24 heavy (non-hydrogen) atoms. The summed E-state index contributed by atoms with van der Waals surface area (Å²) >= 11 is 0. The standard InChI is InChI=1S/C17H29N3O3.ClH/c18-14-11-2-1-3-12(14)9-13(8-11)15(21)20-10-17(16(19)22)4-6-23-7-5-17;/h11-14H,1-10,18H2,(H2,19,22)(H,20,21);1H. The molecule has 0 radical (unpaired) electrons. The van der Waals surface area contributed by atoms with Gasteiger partial charge in [0.05, 0.1) is 5.41 Å². The van der Waals surface area contributed by atoms with Crippen LogP contribution in [0.5, 0.6) is 0 Å². The Morgan fingerprint density at radius 2 is 1.71 bits per heavy atom. The summed E-state index contributed by atoms with van der Waals surface area (Å²) in [5, 5.41) is 3.01. The van der Waals surface area contributed by atoms with Gasteiger partial charge in [0.25, 0.3) is 0 Å². The lowest BCUT2D eigenvalue weighted by Crippen LogP contribution is -2.52. The third-order valence-electron chi connectivity index (χ3n) is 6.36. The zero-order valence-electron chi connectivity index (χ0n) is 14.2. The van der Waals surface area contributed by atoms with Gasteiger partial charge in [0, 0.05) is 31.7 Å². The Hall–Kier alpha value is -0.850. The van der Waals surface area contributed by atoms with Crippen LogP contribution in [0.1, 0.15) is 44.9 Å². The zero-order valence-corrected chi connectivity index (χ0v) is 15.0. The van der Waals surface area contributed by atoms with Crippen molar-refractivity contribution in [3.8, 4) is 0 Å². The van der Waals surface area contributed by atoms with Crippen molar-refractivity contribution in [3.63, 3.8) is 0 Å². The number of fused-ring (bicyclic) bond motifs is 2. The average molecular weight is 360 g/mol. The van der Waals surface area contributed by atoms with Crippen LogP contribution in [0.2, 0.25) is 0 Å². The van der Waals surface area contributed by atoms with Crippen LogP contribution in [0.3, 0.4) is 0 Å². The lowest BCUT2D eigenvalue weighted by atomic mass is 9.65. The van der Waals surface area contributed by atoms with Gasteiger partial charge in [0.15, 0.2) is 0 Å². The van der Waals surface area contributed by atoms with Gasteiger partial charge in [-0.3, -0.25) is 9.59 Å². The number of hydrogen-bond donors (Lipinski definition) is 3. The van der Waals surface area contributed by atoms with Crippen LogP contribution in [0, 0.1) is 23.2 Å². The summed E-state index contributed by atoms with van der Waals surface area (Å²) in [5.74, 6) is 0.734. The van der Waals surface area contributed by atoms with Crippen molar-refractivity contribution in [2.75, 3.05) is 19.8 Å². The Kier molecular flexibility index (Phi) is 6.51. The summed E-state index contributed by atoms with van der Waals surface area (Å²) in [6.07, 6.45) is 6.47. The topological polar surface area (TPSA) is 107 Å². The number of halogens is 1. The second kappa shape index (κ2) is 8.02. The molecule has 0 aromatic heterocycles. The summed E-state index contributed by atoms with van der Waals surface area (Å²) < 4.78 is 5.33. The quantitative estimate of drug-likeness (QED) is 0.694. The molecule has 1 heterocycles. The SMILES string of the molecule is Cl.NC(=O)C1(CNC(=O)C2CC3CCCC(C2)C3N)CCOCC1. The molecule has 0 aromatic carbocycles.